The molecule has 1 aliphatic heterocycles. The summed E-state index contributed by atoms with van der Waals surface area (Å²) in [5.41, 5.74) is 1.10. The van der Waals surface area contributed by atoms with Crippen LogP contribution in [-0.2, 0) is 0 Å². The maximum absolute atomic E-state index is 13.7. The van der Waals surface area contributed by atoms with Crippen molar-refractivity contribution in [2.75, 3.05) is 26.7 Å². The minimum Gasteiger partial charge on any atom is -0.338 e. The van der Waals surface area contributed by atoms with Gasteiger partial charge in [-0.1, -0.05) is 11.6 Å². The number of rotatable bonds is 3. The van der Waals surface area contributed by atoms with E-state index in [1.807, 2.05) is 14.0 Å². The second-order valence-corrected chi connectivity index (χ2v) is 4.95. The minimum atomic E-state index is -0.428. The molecule has 1 heterocycles. The fraction of sp³-hybridized carbons (Fsp3) is 0.500. The number of carbonyl (C=O) groups is 1. The van der Waals surface area contributed by atoms with E-state index in [4.69, 9.17) is 0 Å². The van der Waals surface area contributed by atoms with Crippen LogP contribution in [0.4, 0.5) is 4.39 Å². The molecule has 1 aliphatic rings. The Kier molecular flexibility index (Phi) is 5.76. The summed E-state index contributed by atoms with van der Waals surface area (Å²) in [4.78, 5) is 14.0. The van der Waals surface area contributed by atoms with E-state index in [1.54, 1.807) is 17.0 Å². The van der Waals surface area contributed by atoms with Crippen LogP contribution in [0.2, 0.25) is 0 Å². The summed E-state index contributed by atoms with van der Waals surface area (Å²) < 4.78 is 13.7. The topological polar surface area (TPSA) is 32.3 Å². The Morgan fingerprint density at radius 2 is 2.26 bits per heavy atom. The molecule has 3 nitrogen and oxygen atoms in total. The number of aryl methyl sites for hydroxylation is 1. The van der Waals surface area contributed by atoms with Crippen molar-refractivity contribution in [3.05, 3.63) is 35.1 Å². The normalized spacial score (nSPS) is 18.3. The van der Waals surface area contributed by atoms with E-state index in [1.165, 1.54) is 6.07 Å². The van der Waals surface area contributed by atoms with Crippen molar-refractivity contribution in [1.29, 1.82) is 0 Å². The van der Waals surface area contributed by atoms with Gasteiger partial charge < -0.3 is 10.2 Å². The average Bonchev–Trinajstić information content (AvgIpc) is 2.80. The van der Waals surface area contributed by atoms with E-state index < -0.39 is 5.82 Å². The van der Waals surface area contributed by atoms with Gasteiger partial charge >= 0.3 is 0 Å². The molecule has 1 unspecified atom stereocenters. The summed E-state index contributed by atoms with van der Waals surface area (Å²) in [6.07, 6.45) is 0.986. The Bertz CT molecular complexity index is 453. The first-order valence-corrected chi connectivity index (χ1v) is 6.32. The van der Waals surface area contributed by atoms with Crippen LogP contribution < -0.4 is 5.32 Å². The van der Waals surface area contributed by atoms with Gasteiger partial charge in [0.05, 0.1) is 5.56 Å². The molecule has 2 rings (SSSR count). The van der Waals surface area contributed by atoms with E-state index in [0.29, 0.717) is 12.5 Å². The van der Waals surface area contributed by atoms with Crippen molar-refractivity contribution < 1.29 is 9.18 Å². The van der Waals surface area contributed by atoms with Crippen molar-refractivity contribution in [2.45, 2.75) is 13.3 Å². The summed E-state index contributed by atoms with van der Waals surface area (Å²) in [5, 5.41) is 3.12. The molecule has 5 heteroatoms. The van der Waals surface area contributed by atoms with Crippen LogP contribution in [0, 0.1) is 18.7 Å². The molecule has 19 heavy (non-hydrogen) atoms. The number of likely N-dealkylation sites (tertiary alicyclic amines) is 1. The van der Waals surface area contributed by atoms with Crippen molar-refractivity contribution in [1.82, 2.24) is 10.2 Å². The lowest BCUT2D eigenvalue weighted by Gasteiger charge is -2.17. The van der Waals surface area contributed by atoms with Crippen LogP contribution in [0.5, 0.6) is 0 Å². The third-order valence-electron chi connectivity index (χ3n) is 3.42. The lowest BCUT2D eigenvalue weighted by Crippen LogP contribution is -2.31. The van der Waals surface area contributed by atoms with Gasteiger partial charge in [0.2, 0.25) is 0 Å². The highest BCUT2D eigenvalue weighted by molar-refractivity contribution is 5.94. The summed E-state index contributed by atoms with van der Waals surface area (Å²) in [6.45, 7) is 4.20. The molecule has 0 radical (unpaired) electrons. The molecule has 0 aliphatic carbocycles. The van der Waals surface area contributed by atoms with Crippen molar-refractivity contribution >= 4 is 18.3 Å². The number of amides is 1. The van der Waals surface area contributed by atoms with Crippen molar-refractivity contribution in [3.63, 3.8) is 0 Å². The molecule has 0 saturated carbocycles. The van der Waals surface area contributed by atoms with E-state index >= 15 is 0 Å². The molecule has 1 saturated heterocycles. The fourth-order valence-electron chi connectivity index (χ4n) is 2.45. The Labute approximate surface area is 119 Å². The van der Waals surface area contributed by atoms with Crippen molar-refractivity contribution in [2.24, 2.45) is 5.92 Å². The van der Waals surface area contributed by atoms with E-state index in [-0.39, 0.29) is 23.9 Å². The number of benzene rings is 1. The average molecular weight is 287 g/mol. The highest BCUT2D eigenvalue weighted by Crippen LogP contribution is 2.20. The molecule has 0 aromatic heterocycles. The van der Waals surface area contributed by atoms with Gasteiger partial charge in [-0.05, 0) is 45.0 Å². The van der Waals surface area contributed by atoms with Gasteiger partial charge in [0.15, 0.2) is 0 Å². The predicted molar refractivity (Wildman–Crippen MR) is 76.3 cm³/mol. The quantitative estimate of drug-likeness (QED) is 0.924. The van der Waals surface area contributed by atoms with Crippen LogP contribution >= 0.6 is 12.4 Å². The summed E-state index contributed by atoms with van der Waals surface area (Å²) >= 11 is 0. The predicted octanol–water partition coefficient (Wildman–Crippen LogP) is 2.24. The van der Waals surface area contributed by atoms with Gasteiger partial charge in [0.1, 0.15) is 5.82 Å². The van der Waals surface area contributed by atoms with Gasteiger partial charge in [0, 0.05) is 13.1 Å². The maximum atomic E-state index is 13.7. The third kappa shape index (κ3) is 3.67. The molecule has 0 spiro atoms. The van der Waals surface area contributed by atoms with Gasteiger partial charge in [-0.25, -0.2) is 4.39 Å². The van der Waals surface area contributed by atoms with E-state index in [9.17, 15) is 9.18 Å². The first-order chi connectivity index (χ1) is 8.61. The van der Waals surface area contributed by atoms with Crippen LogP contribution in [-0.4, -0.2) is 37.5 Å². The monoisotopic (exact) mass is 286 g/mol. The van der Waals surface area contributed by atoms with Gasteiger partial charge in [-0.15, -0.1) is 12.4 Å². The molecule has 1 N–H and O–H groups in total. The Morgan fingerprint density at radius 1 is 1.53 bits per heavy atom. The lowest BCUT2D eigenvalue weighted by atomic mass is 10.1. The zero-order chi connectivity index (χ0) is 13.1. The number of carbonyl (C=O) groups excluding carboxylic acids is 1. The molecule has 1 aromatic carbocycles. The van der Waals surface area contributed by atoms with Crippen LogP contribution in [0.3, 0.4) is 0 Å². The first kappa shape index (κ1) is 15.9. The highest BCUT2D eigenvalue weighted by atomic mass is 35.5. The molecular formula is C14H20ClFN2O. The molecule has 1 aromatic rings. The zero-order valence-corrected chi connectivity index (χ0v) is 12.1. The Hall–Kier alpha value is -1.13. The van der Waals surface area contributed by atoms with E-state index in [2.05, 4.69) is 5.32 Å². The Morgan fingerprint density at radius 3 is 2.95 bits per heavy atom. The smallest absolute Gasteiger partial charge is 0.256 e. The van der Waals surface area contributed by atoms with Crippen molar-refractivity contribution in [3.8, 4) is 0 Å². The summed E-state index contributed by atoms with van der Waals surface area (Å²) in [6, 6.07) is 4.67. The van der Waals surface area contributed by atoms with Crippen LogP contribution in [0.1, 0.15) is 22.3 Å². The third-order valence-corrected chi connectivity index (χ3v) is 3.42. The second-order valence-electron chi connectivity index (χ2n) is 4.95. The number of hydrogen-bond acceptors (Lipinski definition) is 2. The highest BCUT2D eigenvalue weighted by Gasteiger charge is 2.27. The number of hydrogen-bond donors (Lipinski definition) is 1. The summed E-state index contributed by atoms with van der Waals surface area (Å²) in [7, 11) is 1.91. The molecule has 106 valence electrons. The number of halogens is 2. The van der Waals surface area contributed by atoms with Gasteiger partial charge in [-0.2, -0.15) is 0 Å². The minimum absolute atomic E-state index is 0. The molecule has 0 bridgehead atoms. The SMILES string of the molecule is CNCC1CCN(C(=O)c2cc(C)ccc2F)C1.Cl. The maximum Gasteiger partial charge on any atom is 0.256 e. The van der Waals surface area contributed by atoms with Crippen LogP contribution in [0.25, 0.3) is 0 Å². The second kappa shape index (κ2) is 6.87. The summed E-state index contributed by atoms with van der Waals surface area (Å²) in [5.74, 6) is -0.135. The van der Waals surface area contributed by atoms with Gasteiger partial charge in [0.25, 0.3) is 5.91 Å². The standard InChI is InChI=1S/C14H19FN2O.ClH/c1-10-3-4-13(15)12(7-10)14(18)17-6-5-11(9-17)8-16-2;/h3-4,7,11,16H,5-6,8-9H2,1-2H3;1H. The van der Waals surface area contributed by atoms with Crippen LogP contribution in [0.15, 0.2) is 18.2 Å². The molecule has 1 amide bonds. The molecular weight excluding hydrogens is 267 g/mol. The number of nitrogens with zero attached hydrogens (tertiary/aromatic N) is 1. The lowest BCUT2D eigenvalue weighted by molar-refractivity contribution is 0.0782. The largest absolute Gasteiger partial charge is 0.338 e. The first-order valence-electron chi connectivity index (χ1n) is 6.32. The molecule has 1 fully saturated rings. The number of nitrogens with one attached hydrogen (secondary N) is 1. The molecule has 1 atom stereocenters. The Balaban J connectivity index is 0.00000180. The zero-order valence-electron chi connectivity index (χ0n) is 11.3. The van der Waals surface area contributed by atoms with E-state index in [0.717, 1.165) is 25.1 Å². The fourth-order valence-corrected chi connectivity index (χ4v) is 2.45. The van der Waals surface area contributed by atoms with Gasteiger partial charge in [-0.3, -0.25) is 4.79 Å².